The third kappa shape index (κ3) is 3.27. The van der Waals surface area contributed by atoms with Crippen LogP contribution in [0.2, 0.25) is 0 Å². The Morgan fingerprint density at radius 1 is 1.17 bits per heavy atom. The fourth-order valence-corrected chi connectivity index (χ4v) is 2.54. The van der Waals surface area contributed by atoms with E-state index < -0.39 is 23.8 Å². The fraction of sp³-hybridized carbons (Fsp3) is 0.167. The molecular formula is C18H15NO5. The summed E-state index contributed by atoms with van der Waals surface area (Å²) in [6.07, 6.45) is 0.189. The summed E-state index contributed by atoms with van der Waals surface area (Å²) in [4.78, 5) is 35.3. The highest BCUT2D eigenvalue weighted by molar-refractivity contribution is 6.00. The predicted molar refractivity (Wildman–Crippen MR) is 84.5 cm³/mol. The normalized spacial score (nSPS) is 16.0. The zero-order valence-corrected chi connectivity index (χ0v) is 12.7. The second kappa shape index (κ2) is 6.54. The number of rotatable bonds is 4. The molecule has 1 atom stereocenters. The van der Waals surface area contributed by atoms with Crippen LogP contribution in [0, 0.1) is 5.92 Å². The number of ether oxygens (including phenoxy) is 1. The molecule has 0 bridgehead atoms. The maximum absolute atomic E-state index is 12.3. The number of esters is 1. The first-order valence-corrected chi connectivity index (χ1v) is 7.44. The number of carboxylic acid groups (broad SMARTS) is 1. The minimum absolute atomic E-state index is 0.0357. The Labute approximate surface area is 138 Å². The highest BCUT2D eigenvalue weighted by Crippen LogP contribution is 2.29. The highest BCUT2D eigenvalue weighted by atomic mass is 16.5. The van der Waals surface area contributed by atoms with Gasteiger partial charge in [-0.1, -0.05) is 36.4 Å². The van der Waals surface area contributed by atoms with Gasteiger partial charge in [0.25, 0.3) is 0 Å². The minimum atomic E-state index is -1.10. The summed E-state index contributed by atoms with van der Waals surface area (Å²) in [6, 6.07) is 13.7. The molecule has 0 aliphatic carbocycles. The summed E-state index contributed by atoms with van der Waals surface area (Å²) in [6.45, 7) is 0.328. The summed E-state index contributed by atoms with van der Waals surface area (Å²) in [5, 5.41) is 11.7. The van der Waals surface area contributed by atoms with Crippen molar-refractivity contribution in [2.24, 2.45) is 5.92 Å². The van der Waals surface area contributed by atoms with Crippen LogP contribution in [0.25, 0.3) is 0 Å². The third-order valence-corrected chi connectivity index (χ3v) is 3.86. The number of carbonyl (C=O) groups is 3. The summed E-state index contributed by atoms with van der Waals surface area (Å²) in [7, 11) is 0. The van der Waals surface area contributed by atoms with E-state index in [-0.39, 0.29) is 17.7 Å². The van der Waals surface area contributed by atoms with E-state index in [1.807, 2.05) is 30.3 Å². The van der Waals surface area contributed by atoms with Crippen LogP contribution in [0.3, 0.4) is 0 Å². The molecule has 0 fully saturated rings. The SMILES string of the molecule is O=C(O)c1ccc2c(c1)OC(=O)C(C(=O)NCc1ccccc1)C2. The first-order chi connectivity index (χ1) is 11.5. The summed E-state index contributed by atoms with van der Waals surface area (Å²) >= 11 is 0. The van der Waals surface area contributed by atoms with Gasteiger partial charge >= 0.3 is 11.9 Å². The monoisotopic (exact) mass is 325 g/mol. The zero-order chi connectivity index (χ0) is 17.1. The molecule has 122 valence electrons. The molecule has 2 aromatic carbocycles. The Morgan fingerprint density at radius 2 is 1.92 bits per heavy atom. The van der Waals surface area contributed by atoms with Crippen molar-refractivity contribution >= 4 is 17.8 Å². The van der Waals surface area contributed by atoms with E-state index >= 15 is 0 Å². The van der Waals surface area contributed by atoms with Gasteiger partial charge in [0.2, 0.25) is 5.91 Å². The van der Waals surface area contributed by atoms with Crippen molar-refractivity contribution in [3.05, 3.63) is 65.2 Å². The lowest BCUT2D eigenvalue weighted by Crippen LogP contribution is -2.40. The average molecular weight is 325 g/mol. The average Bonchev–Trinajstić information content (AvgIpc) is 2.59. The third-order valence-electron chi connectivity index (χ3n) is 3.86. The van der Waals surface area contributed by atoms with Crippen LogP contribution in [0.5, 0.6) is 5.75 Å². The second-order valence-corrected chi connectivity index (χ2v) is 5.51. The number of benzene rings is 2. The molecule has 24 heavy (non-hydrogen) atoms. The van der Waals surface area contributed by atoms with Crippen molar-refractivity contribution in [2.75, 3.05) is 0 Å². The molecule has 3 rings (SSSR count). The van der Waals surface area contributed by atoms with E-state index in [2.05, 4.69) is 5.32 Å². The number of fused-ring (bicyclic) bond motifs is 1. The van der Waals surface area contributed by atoms with Crippen LogP contribution in [-0.4, -0.2) is 23.0 Å². The largest absolute Gasteiger partial charge is 0.478 e. The Hall–Kier alpha value is -3.15. The van der Waals surface area contributed by atoms with E-state index in [1.54, 1.807) is 6.07 Å². The molecule has 0 saturated carbocycles. The van der Waals surface area contributed by atoms with Gasteiger partial charge in [0.1, 0.15) is 11.7 Å². The van der Waals surface area contributed by atoms with Gasteiger partial charge in [-0.25, -0.2) is 4.79 Å². The predicted octanol–water partition coefficient (Wildman–Crippen LogP) is 1.78. The molecule has 1 unspecified atom stereocenters. The number of amides is 1. The zero-order valence-electron chi connectivity index (χ0n) is 12.7. The van der Waals surface area contributed by atoms with Crippen molar-refractivity contribution in [2.45, 2.75) is 13.0 Å². The molecule has 1 aliphatic heterocycles. The van der Waals surface area contributed by atoms with Gasteiger partial charge in [-0.2, -0.15) is 0 Å². The van der Waals surface area contributed by atoms with Gasteiger partial charge in [0.05, 0.1) is 5.56 Å². The van der Waals surface area contributed by atoms with Gasteiger partial charge in [-0.05, 0) is 29.7 Å². The van der Waals surface area contributed by atoms with Crippen LogP contribution in [0.1, 0.15) is 21.5 Å². The fourth-order valence-electron chi connectivity index (χ4n) is 2.54. The maximum atomic E-state index is 12.3. The van der Waals surface area contributed by atoms with Gasteiger partial charge in [-0.15, -0.1) is 0 Å². The Balaban J connectivity index is 1.70. The highest BCUT2D eigenvalue weighted by Gasteiger charge is 2.34. The number of hydrogen-bond acceptors (Lipinski definition) is 4. The van der Waals surface area contributed by atoms with E-state index in [1.165, 1.54) is 12.1 Å². The van der Waals surface area contributed by atoms with Crippen molar-refractivity contribution in [3.63, 3.8) is 0 Å². The quantitative estimate of drug-likeness (QED) is 0.508. The first-order valence-electron chi connectivity index (χ1n) is 7.44. The minimum Gasteiger partial charge on any atom is -0.478 e. The van der Waals surface area contributed by atoms with Gasteiger partial charge in [0, 0.05) is 6.54 Å². The molecule has 0 aromatic heterocycles. The van der Waals surface area contributed by atoms with E-state index in [4.69, 9.17) is 9.84 Å². The standard InChI is InChI=1S/C18H15NO5/c20-16(19-10-11-4-2-1-3-5-11)14-8-12-6-7-13(17(21)22)9-15(12)24-18(14)23/h1-7,9,14H,8,10H2,(H,19,20)(H,21,22). The van der Waals surface area contributed by atoms with Crippen LogP contribution < -0.4 is 10.1 Å². The van der Waals surface area contributed by atoms with Gasteiger partial charge < -0.3 is 15.2 Å². The van der Waals surface area contributed by atoms with E-state index in [9.17, 15) is 14.4 Å². The summed E-state index contributed by atoms with van der Waals surface area (Å²) in [5.41, 5.74) is 1.61. The molecule has 2 aromatic rings. The molecule has 6 heteroatoms. The number of hydrogen-bond donors (Lipinski definition) is 2. The molecule has 2 N–H and O–H groups in total. The molecule has 0 spiro atoms. The lowest BCUT2D eigenvalue weighted by atomic mass is 9.94. The molecular weight excluding hydrogens is 310 g/mol. The van der Waals surface area contributed by atoms with Gasteiger partial charge in [-0.3, -0.25) is 9.59 Å². The Kier molecular flexibility index (Phi) is 4.29. The van der Waals surface area contributed by atoms with Crippen LogP contribution in [0.4, 0.5) is 0 Å². The summed E-state index contributed by atoms with van der Waals surface area (Å²) < 4.78 is 5.15. The van der Waals surface area contributed by atoms with Crippen molar-refractivity contribution in [1.82, 2.24) is 5.32 Å². The number of aromatic carboxylic acids is 1. The molecule has 1 amide bonds. The van der Waals surface area contributed by atoms with Crippen LogP contribution in [-0.2, 0) is 22.6 Å². The molecule has 0 saturated heterocycles. The van der Waals surface area contributed by atoms with Crippen LogP contribution in [0.15, 0.2) is 48.5 Å². The maximum Gasteiger partial charge on any atom is 0.335 e. The van der Waals surface area contributed by atoms with E-state index in [0.29, 0.717) is 12.1 Å². The molecule has 1 aliphatic rings. The molecule has 6 nitrogen and oxygen atoms in total. The number of nitrogens with one attached hydrogen (secondary N) is 1. The Morgan fingerprint density at radius 3 is 2.62 bits per heavy atom. The number of carboxylic acids is 1. The smallest absolute Gasteiger partial charge is 0.335 e. The molecule has 1 heterocycles. The lowest BCUT2D eigenvalue weighted by Gasteiger charge is -2.23. The molecule has 0 radical (unpaired) electrons. The summed E-state index contributed by atoms with van der Waals surface area (Å²) in [5.74, 6) is -2.91. The van der Waals surface area contributed by atoms with Crippen molar-refractivity contribution in [3.8, 4) is 5.75 Å². The number of carbonyl (C=O) groups excluding carboxylic acids is 2. The van der Waals surface area contributed by atoms with Crippen LogP contribution >= 0.6 is 0 Å². The lowest BCUT2D eigenvalue weighted by molar-refractivity contribution is -0.146. The van der Waals surface area contributed by atoms with Gasteiger partial charge in [0.15, 0.2) is 0 Å². The van der Waals surface area contributed by atoms with Crippen molar-refractivity contribution in [1.29, 1.82) is 0 Å². The van der Waals surface area contributed by atoms with E-state index in [0.717, 1.165) is 5.56 Å². The topological polar surface area (TPSA) is 92.7 Å². The Bertz CT molecular complexity index is 800. The first kappa shape index (κ1) is 15.7. The second-order valence-electron chi connectivity index (χ2n) is 5.51. The van der Waals surface area contributed by atoms with Crippen molar-refractivity contribution < 1.29 is 24.2 Å².